The number of rotatable bonds is 3. The molecule has 60 valence electrons. The van der Waals surface area contributed by atoms with Crippen LogP contribution in [0.25, 0.3) is 0 Å². The summed E-state index contributed by atoms with van der Waals surface area (Å²) >= 11 is 0. The first-order chi connectivity index (χ1) is 4.59. The first-order valence-corrected chi connectivity index (χ1v) is 3.72. The van der Waals surface area contributed by atoms with Crippen LogP contribution in [-0.4, -0.2) is 13.7 Å². The standard InChI is InChI=1S/C9H18O/c1-7(2)9(4)8(3)6-10-5/h8H,6H2,1-5H3. The fourth-order valence-electron chi connectivity index (χ4n) is 0.868. The van der Waals surface area contributed by atoms with Gasteiger partial charge in [0.25, 0.3) is 0 Å². The highest BCUT2D eigenvalue weighted by atomic mass is 16.5. The van der Waals surface area contributed by atoms with Crippen molar-refractivity contribution in [1.82, 2.24) is 0 Å². The molecule has 0 saturated heterocycles. The van der Waals surface area contributed by atoms with Gasteiger partial charge in [-0.25, -0.2) is 0 Å². The first-order valence-electron chi connectivity index (χ1n) is 3.72. The molecule has 0 aliphatic heterocycles. The summed E-state index contributed by atoms with van der Waals surface area (Å²) in [4.78, 5) is 0. The molecule has 0 saturated carbocycles. The Morgan fingerprint density at radius 2 is 1.80 bits per heavy atom. The Bertz CT molecular complexity index is 121. The van der Waals surface area contributed by atoms with Gasteiger partial charge in [-0.1, -0.05) is 18.1 Å². The number of ether oxygens (including phenoxy) is 1. The minimum absolute atomic E-state index is 0.565. The minimum atomic E-state index is 0.565. The van der Waals surface area contributed by atoms with Gasteiger partial charge < -0.3 is 4.74 Å². The first kappa shape index (κ1) is 9.70. The summed E-state index contributed by atoms with van der Waals surface area (Å²) in [6.45, 7) is 9.46. The quantitative estimate of drug-likeness (QED) is 0.550. The van der Waals surface area contributed by atoms with Crippen molar-refractivity contribution in [3.05, 3.63) is 11.1 Å². The summed E-state index contributed by atoms with van der Waals surface area (Å²) in [5, 5.41) is 0. The lowest BCUT2D eigenvalue weighted by Crippen LogP contribution is -2.05. The number of hydrogen-bond donors (Lipinski definition) is 0. The van der Waals surface area contributed by atoms with E-state index in [1.54, 1.807) is 7.11 Å². The second kappa shape index (κ2) is 4.51. The highest BCUT2D eigenvalue weighted by molar-refractivity contribution is 5.09. The smallest absolute Gasteiger partial charge is 0.0525 e. The van der Waals surface area contributed by atoms with E-state index < -0.39 is 0 Å². The SMILES string of the molecule is COCC(C)C(C)=C(C)C. The Morgan fingerprint density at radius 3 is 2.10 bits per heavy atom. The Morgan fingerprint density at radius 1 is 1.30 bits per heavy atom. The predicted octanol–water partition coefficient (Wildman–Crippen LogP) is 2.63. The molecular weight excluding hydrogens is 124 g/mol. The monoisotopic (exact) mass is 142 g/mol. The van der Waals surface area contributed by atoms with Crippen LogP contribution in [0.15, 0.2) is 11.1 Å². The lowest BCUT2D eigenvalue weighted by molar-refractivity contribution is 0.172. The maximum absolute atomic E-state index is 5.04. The van der Waals surface area contributed by atoms with Crippen LogP contribution in [0.4, 0.5) is 0 Å². The summed E-state index contributed by atoms with van der Waals surface area (Å²) in [6.07, 6.45) is 0. The zero-order chi connectivity index (χ0) is 8.15. The van der Waals surface area contributed by atoms with E-state index in [2.05, 4.69) is 27.7 Å². The largest absolute Gasteiger partial charge is 0.384 e. The molecule has 0 amide bonds. The Kier molecular flexibility index (Phi) is 4.37. The molecule has 0 heterocycles. The molecule has 0 bridgehead atoms. The highest BCUT2D eigenvalue weighted by Crippen LogP contribution is 2.13. The van der Waals surface area contributed by atoms with Crippen molar-refractivity contribution in [3.8, 4) is 0 Å². The normalized spacial score (nSPS) is 12.9. The lowest BCUT2D eigenvalue weighted by Gasteiger charge is -2.12. The summed E-state index contributed by atoms with van der Waals surface area (Å²) in [6, 6.07) is 0. The summed E-state index contributed by atoms with van der Waals surface area (Å²) < 4.78 is 5.04. The van der Waals surface area contributed by atoms with E-state index in [0.717, 1.165) is 6.61 Å². The molecule has 0 spiro atoms. The third-order valence-electron chi connectivity index (χ3n) is 1.94. The molecule has 0 aromatic heterocycles. The van der Waals surface area contributed by atoms with Crippen molar-refractivity contribution < 1.29 is 4.74 Å². The number of allylic oxidation sites excluding steroid dienone is 1. The second-order valence-electron chi connectivity index (χ2n) is 3.04. The van der Waals surface area contributed by atoms with Crippen LogP contribution in [-0.2, 0) is 4.74 Å². The zero-order valence-corrected chi connectivity index (χ0v) is 7.69. The van der Waals surface area contributed by atoms with Crippen LogP contribution in [0, 0.1) is 5.92 Å². The van der Waals surface area contributed by atoms with Gasteiger partial charge in [-0.2, -0.15) is 0 Å². The van der Waals surface area contributed by atoms with Gasteiger partial charge in [0.05, 0.1) is 6.61 Å². The molecule has 0 aromatic rings. The predicted molar refractivity (Wildman–Crippen MR) is 45.1 cm³/mol. The molecular formula is C9H18O. The van der Waals surface area contributed by atoms with Gasteiger partial charge in [0, 0.05) is 13.0 Å². The van der Waals surface area contributed by atoms with Crippen molar-refractivity contribution in [3.63, 3.8) is 0 Å². The molecule has 1 nitrogen and oxygen atoms in total. The molecule has 1 heteroatoms. The van der Waals surface area contributed by atoms with Gasteiger partial charge in [0.2, 0.25) is 0 Å². The fourth-order valence-corrected chi connectivity index (χ4v) is 0.868. The van der Waals surface area contributed by atoms with Gasteiger partial charge in [0.1, 0.15) is 0 Å². The molecule has 10 heavy (non-hydrogen) atoms. The topological polar surface area (TPSA) is 9.23 Å². The molecule has 0 fully saturated rings. The van der Waals surface area contributed by atoms with Gasteiger partial charge in [-0.05, 0) is 20.8 Å². The minimum Gasteiger partial charge on any atom is -0.384 e. The van der Waals surface area contributed by atoms with E-state index in [9.17, 15) is 0 Å². The van der Waals surface area contributed by atoms with Crippen LogP contribution in [0.1, 0.15) is 27.7 Å². The van der Waals surface area contributed by atoms with Crippen molar-refractivity contribution in [2.45, 2.75) is 27.7 Å². The van der Waals surface area contributed by atoms with Gasteiger partial charge in [-0.3, -0.25) is 0 Å². The van der Waals surface area contributed by atoms with E-state index in [-0.39, 0.29) is 0 Å². The van der Waals surface area contributed by atoms with E-state index in [1.165, 1.54) is 11.1 Å². The third kappa shape index (κ3) is 3.02. The van der Waals surface area contributed by atoms with Gasteiger partial charge in [-0.15, -0.1) is 0 Å². The van der Waals surface area contributed by atoms with Gasteiger partial charge >= 0.3 is 0 Å². The van der Waals surface area contributed by atoms with Crippen molar-refractivity contribution in [2.75, 3.05) is 13.7 Å². The van der Waals surface area contributed by atoms with Crippen molar-refractivity contribution in [2.24, 2.45) is 5.92 Å². The van der Waals surface area contributed by atoms with Crippen LogP contribution < -0.4 is 0 Å². The Labute approximate surface area is 64.1 Å². The highest BCUT2D eigenvalue weighted by Gasteiger charge is 2.03. The van der Waals surface area contributed by atoms with Crippen LogP contribution in [0.2, 0.25) is 0 Å². The maximum Gasteiger partial charge on any atom is 0.0525 e. The molecule has 0 aliphatic carbocycles. The van der Waals surface area contributed by atoms with E-state index in [0.29, 0.717) is 5.92 Å². The third-order valence-corrected chi connectivity index (χ3v) is 1.94. The molecule has 0 N–H and O–H groups in total. The van der Waals surface area contributed by atoms with Crippen LogP contribution in [0.3, 0.4) is 0 Å². The van der Waals surface area contributed by atoms with Crippen molar-refractivity contribution in [1.29, 1.82) is 0 Å². The Balaban J connectivity index is 3.94. The number of hydrogen-bond acceptors (Lipinski definition) is 1. The summed E-state index contributed by atoms with van der Waals surface area (Å²) in [7, 11) is 1.74. The zero-order valence-electron chi connectivity index (χ0n) is 7.69. The lowest BCUT2D eigenvalue weighted by atomic mass is 10.00. The molecule has 0 radical (unpaired) electrons. The average Bonchev–Trinajstić information content (AvgIpc) is 1.87. The summed E-state index contributed by atoms with van der Waals surface area (Å²) in [5.41, 5.74) is 2.85. The fraction of sp³-hybridized carbons (Fsp3) is 0.778. The average molecular weight is 142 g/mol. The second-order valence-corrected chi connectivity index (χ2v) is 3.04. The van der Waals surface area contributed by atoms with E-state index in [1.807, 2.05) is 0 Å². The Hall–Kier alpha value is -0.300. The van der Waals surface area contributed by atoms with Crippen LogP contribution >= 0.6 is 0 Å². The molecule has 1 atom stereocenters. The van der Waals surface area contributed by atoms with Crippen LogP contribution in [0.5, 0.6) is 0 Å². The van der Waals surface area contributed by atoms with E-state index >= 15 is 0 Å². The molecule has 0 aliphatic rings. The van der Waals surface area contributed by atoms with Gasteiger partial charge in [0.15, 0.2) is 0 Å². The molecule has 0 rings (SSSR count). The summed E-state index contributed by atoms with van der Waals surface area (Å²) in [5.74, 6) is 0.565. The molecule has 1 unspecified atom stereocenters. The van der Waals surface area contributed by atoms with E-state index in [4.69, 9.17) is 4.74 Å². The number of methoxy groups -OCH3 is 1. The maximum atomic E-state index is 5.04. The van der Waals surface area contributed by atoms with Crippen molar-refractivity contribution >= 4 is 0 Å². The molecule has 0 aromatic carbocycles.